The summed E-state index contributed by atoms with van der Waals surface area (Å²) >= 11 is 0. The number of hydrogen-bond donors (Lipinski definition) is 1. The summed E-state index contributed by atoms with van der Waals surface area (Å²) in [4.78, 5) is 20.6. The Kier molecular flexibility index (Phi) is 16.3. The third kappa shape index (κ3) is 18.4. The molecule has 0 aliphatic carbocycles. The van der Waals surface area contributed by atoms with E-state index in [1.807, 2.05) is 0 Å². The average Bonchev–Trinajstić information content (AvgIpc) is 2.45. The first-order chi connectivity index (χ1) is 10.3. The number of carbonyl (C=O) groups is 2. The van der Waals surface area contributed by atoms with Gasteiger partial charge in [-0.15, -0.1) is 0 Å². The predicted molar refractivity (Wildman–Crippen MR) is 90.8 cm³/mol. The van der Waals surface area contributed by atoms with Crippen molar-refractivity contribution < 1.29 is 19.4 Å². The fourth-order valence-electron chi connectivity index (χ4n) is 1.52. The minimum atomic E-state index is -0.935. The molecule has 0 aromatic heterocycles. The zero-order valence-electron chi connectivity index (χ0n) is 14.5. The molecular weight excluding hydrogens is 280 g/mol. The number of ether oxygens (including phenoxy) is 1. The summed E-state index contributed by atoms with van der Waals surface area (Å²) in [6.45, 7) is 12.6. The Labute approximate surface area is 135 Å². The first-order valence-corrected chi connectivity index (χ1v) is 8.04. The Bertz CT molecular complexity index is 333. The van der Waals surface area contributed by atoms with Gasteiger partial charge in [-0.05, 0) is 20.3 Å². The molecule has 0 fully saturated rings. The summed E-state index contributed by atoms with van der Waals surface area (Å²) in [5, 5.41) is 7.89. The topological polar surface area (TPSA) is 63.6 Å². The van der Waals surface area contributed by atoms with Gasteiger partial charge >= 0.3 is 11.9 Å². The van der Waals surface area contributed by atoms with Crippen LogP contribution in [-0.4, -0.2) is 23.7 Å². The standard InChI is InChI=1S/C14H26O2.C4H6O2/c1-4-5-6-7-8-9-10-11-12-16-14(15)13(2)3;1-3(2)4(5)6/h2,4-12H2,1,3H3;1H2,2H3,(H,5,6). The van der Waals surface area contributed by atoms with E-state index in [1.165, 1.54) is 45.4 Å². The fraction of sp³-hybridized carbons (Fsp3) is 0.667. The van der Waals surface area contributed by atoms with Gasteiger partial charge in [0.2, 0.25) is 0 Å². The average molecular weight is 312 g/mol. The van der Waals surface area contributed by atoms with Crippen LogP contribution in [0.15, 0.2) is 24.3 Å². The molecule has 0 unspecified atom stereocenters. The fourth-order valence-corrected chi connectivity index (χ4v) is 1.52. The molecular formula is C18H32O4. The summed E-state index contributed by atoms with van der Waals surface area (Å²) in [6.07, 6.45) is 10.1. The van der Waals surface area contributed by atoms with Gasteiger partial charge < -0.3 is 9.84 Å². The monoisotopic (exact) mass is 312 g/mol. The molecule has 0 bridgehead atoms. The van der Waals surface area contributed by atoms with Gasteiger partial charge in [-0.2, -0.15) is 0 Å². The molecule has 0 aliphatic heterocycles. The van der Waals surface area contributed by atoms with Crippen LogP contribution in [0.3, 0.4) is 0 Å². The molecule has 0 heterocycles. The zero-order valence-corrected chi connectivity index (χ0v) is 14.5. The van der Waals surface area contributed by atoms with Gasteiger partial charge in [-0.25, -0.2) is 9.59 Å². The Hall–Kier alpha value is -1.58. The third-order valence-corrected chi connectivity index (χ3v) is 2.94. The second-order valence-corrected chi connectivity index (χ2v) is 5.48. The van der Waals surface area contributed by atoms with Crippen molar-refractivity contribution in [3.8, 4) is 0 Å². The number of rotatable bonds is 11. The van der Waals surface area contributed by atoms with Gasteiger partial charge in [-0.1, -0.05) is 65.0 Å². The predicted octanol–water partition coefficient (Wildman–Crippen LogP) is 4.89. The highest BCUT2D eigenvalue weighted by Crippen LogP contribution is 2.08. The lowest BCUT2D eigenvalue weighted by atomic mass is 10.1. The first kappa shape index (κ1) is 22.7. The minimum Gasteiger partial charge on any atom is -0.478 e. The summed E-state index contributed by atoms with van der Waals surface area (Å²) in [5.74, 6) is -1.20. The molecule has 0 saturated heterocycles. The van der Waals surface area contributed by atoms with Crippen molar-refractivity contribution in [2.24, 2.45) is 0 Å². The van der Waals surface area contributed by atoms with Crippen LogP contribution in [0.25, 0.3) is 0 Å². The Morgan fingerprint density at radius 1 is 0.864 bits per heavy atom. The van der Waals surface area contributed by atoms with Crippen molar-refractivity contribution in [3.05, 3.63) is 24.3 Å². The molecule has 0 aromatic rings. The smallest absolute Gasteiger partial charge is 0.333 e. The lowest BCUT2D eigenvalue weighted by molar-refractivity contribution is -0.139. The SMILES string of the molecule is C=C(C)C(=O)O.C=C(C)C(=O)OCCCCCCCCCC. The number of carboxylic acids is 1. The quantitative estimate of drug-likeness (QED) is 0.335. The molecule has 0 atom stereocenters. The van der Waals surface area contributed by atoms with Crippen LogP contribution in [0.5, 0.6) is 0 Å². The summed E-state index contributed by atoms with van der Waals surface area (Å²) in [5.41, 5.74) is 0.662. The Morgan fingerprint density at radius 3 is 1.64 bits per heavy atom. The molecule has 4 heteroatoms. The van der Waals surface area contributed by atoms with Crippen molar-refractivity contribution in [2.75, 3.05) is 6.61 Å². The number of carbonyl (C=O) groups excluding carboxylic acids is 1. The summed E-state index contributed by atoms with van der Waals surface area (Å²) in [7, 11) is 0. The van der Waals surface area contributed by atoms with E-state index in [-0.39, 0.29) is 11.5 Å². The minimum absolute atomic E-state index is 0.176. The maximum atomic E-state index is 11.0. The van der Waals surface area contributed by atoms with E-state index in [0.717, 1.165) is 12.8 Å². The Morgan fingerprint density at radius 2 is 1.27 bits per heavy atom. The van der Waals surface area contributed by atoms with Gasteiger partial charge in [0.15, 0.2) is 0 Å². The van der Waals surface area contributed by atoms with Gasteiger partial charge in [-0.3, -0.25) is 0 Å². The van der Waals surface area contributed by atoms with Crippen LogP contribution in [0.1, 0.15) is 72.1 Å². The van der Waals surface area contributed by atoms with E-state index in [1.54, 1.807) is 6.92 Å². The van der Waals surface area contributed by atoms with Gasteiger partial charge in [0, 0.05) is 11.1 Å². The molecule has 0 saturated carbocycles. The van der Waals surface area contributed by atoms with Gasteiger partial charge in [0.1, 0.15) is 0 Å². The van der Waals surface area contributed by atoms with E-state index >= 15 is 0 Å². The Balaban J connectivity index is 0. The van der Waals surface area contributed by atoms with E-state index < -0.39 is 5.97 Å². The lowest BCUT2D eigenvalue weighted by Crippen LogP contribution is -2.05. The summed E-state index contributed by atoms with van der Waals surface area (Å²) in [6, 6.07) is 0. The molecule has 0 amide bonds. The highest BCUT2D eigenvalue weighted by Gasteiger charge is 2.01. The van der Waals surface area contributed by atoms with Crippen LogP contribution in [0.2, 0.25) is 0 Å². The molecule has 128 valence electrons. The number of aliphatic carboxylic acids is 1. The van der Waals surface area contributed by atoms with Crippen molar-refractivity contribution in [3.63, 3.8) is 0 Å². The second-order valence-electron chi connectivity index (χ2n) is 5.48. The maximum Gasteiger partial charge on any atom is 0.333 e. The van der Waals surface area contributed by atoms with Crippen molar-refractivity contribution in [2.45, 2.75) is 72.1 Å². The van der Waals surface area contributed by atoms with Crippen molar-refractivity contribution >= 4 is 11.9 Å². The van der Waals surface area contributed by atoms with Crippen LogP contribution in [0, 0.1) is 0 Å². The second kappa shape index (κ2) is 15.8. The van der Waals surface area contributed by atoms with E-state index in [2.05, 4.69) is 20.1 Å². The van der Waals surface area contributed by atoms with E-state index in [9.17, 15) is 9.59 Å². The van der Waals surface area contributed by atoms with Crippen LogP contribution in [-0.2, 0) is 14.3 Å². The third-order valence-electron chi connectivity index (χ3n) is 2.94. The number of carboxylic acid groups (broad SMARTS) is 1. The van der Waals surface area contributed by atoms with E-state index in [0.29, 0.717) is 12.2 Å². The normalized spacial score (nSPS) is 9.41. The van der Waals surface area contributed by atoms with Crippen LogP contribution < -0.4 is 0 Å². The number of unbranched alkanes of at least 4 members (excludes halogenated alkanes) is 7. The first-order valence-electron chi connectivity index (χ1n) is 8.04. The highest BCUT2D eigenvalue weighted by atomic mass is 16.5. The molecule has 0 aromatic carbocycles. The molecule has 4 nitrogen and oxygen atoms in total. The van der Waals surface area contributed by atoms with Crippen molar-refractivity contribution in [1.29, 1.82) is 0 Å². The molecule has 0 radical (unpaired) electrons. The number of esters is 1. The molecule has 1 N–H and O–H groups in total. The lowest BCUT2D eigenvalue weighted by Gasteiger charge is -2.04. The number of hydrogen-bond acceptors (Lipinski definition) is 3. The van der Waals surface area contributed by atoms with E-state index in [4.69, 9.17) is 9.84 Å². The molecule has 0 spiro atoms. The van der Waals surface area contributed by atoms with Gasteiger partial charge in [0.05, 0.1) is 6.61 Å². The molecule has 0 rings (SSSR count). The highest BCUT2D eigenvalue weighted by molar-refractivity contribution is 5.86. The van der Waals surface area contributed by atoms with Crippen LogP contribution in [0.4, 0.5) is 0 Å². The molecule has 0 aliphatic rings. The van der Waals surface area contributed by atoms with Crippen molar-refractivity contribution in [1.82, 2.24) is 0 Å². The molecule has 22 heavy (non-hydrogen) atoms. The summed E-state index contributed by atoms with van der Waals surface area (Å²) < 4.78 is 5.01. The largest absolute Gasteiger partial charge is 0.478 e. The maximum absolute atomic E-state index is 11.0. The zero-order chi connectivity index (χ0) is 17.4. The van der Waals surface area contributed by atoms with Gasteiger partial charge in [0.25, 0.3) is 0 Å². The van der Waals surface area contributed by atoms with Crippen LogP contribution >= 0.6 is 0 Å².